The van der Waals surface area contributed by atoms with E-state index in [2.05, 4.69) is 78.9 Å². The molecule has 192 valence electrons. The minimum absolute atomic E-state index is 0.669. The van der Waals surface area contributed by atoms with Gasteiger partial charge in [-0.1, -0.05) is 139 Å². The lowest BCUT2D eigenvalue weighted by molar-refractivity contribution is 1.07. The van der Waals surface area contributed by atoms with Crippen molar-refractivity contribution in [2.45, 2.75) is 9.79 Å². The Bertz CT molecular complexity index is 2000. The van der Waals surface area contributed by atoms with Crippen LogP contribution in [0.25, 0.3) is 67.2 Å². The van der Waals surface area contributed by atoms with Crippen LogP contribution in [0.3, 0.4) is 0 Å². The Kier molecular flexibility index (Phi) is 5.71. The highest BCUT2D eigenvalue weighted by Crippen LogP contribution is 2.52. The molecule has 1 aromatic heterocycles. The van der Waals surface area contributed by atoms with Gasteiger partial charge in [0.25, 0.3) is 0 Å². The van der Waals surface area contributed by atoms with Crippen molar-refractivity contribution < 1.29 is 0 Å². The Morgan fingerprint density at radius 3 is 1.56 bits per heavy atom. The van der Waals surface area contributed by atoms with Crippen LogP contribution in [0.2, 0.25) is 0 Å². The third-order valence-corrected chi connectivity index (χ3v) is 8.75. The minimum Gasteiger partial charge on any atom is -0.208 e. The van der Waals surface area contributed by atoms with E-state index in [0.29, 0.717) is 17.5 Å². The molecule has 1 aliphatic rings. The van der Waals surface area contributed by atoms with Gasteiger partial charge in [0, 0.05) is 31.9 Å². The summed E-state index contributed by atoms with van der Waals surface area (Å²) < 4.78 is 0. The molecule has 0 aliphatic carbocycles. The van der Waals surface area contributed by atoms with Gasteiger partial charge in [-0.3, -0.25) is 0 Å². The quantitative estimate of drug-likeness (QED) is 0.222. The zero-order chi connectivity index (χ0) is 27.2. The zero-order valence-electron chi connectivity index (χ0n) is 22.0. The summed E-state index contributed by atoms with van der Waals surface area (Å²) in [5, 5.41) is 2.57. The molecule has 8 rings (SSSR count). The van der Waals surface area contributed by atoms with E-state index in [9.17, 15) is 0 Å². The van der Waals surface area contributed by atoms with E-state index in [0.717, 1.165) is 16.7 Å². The largest absolute Gasteiger partial charge is 0.208 e. The molecular formula is C37H23N3S. The van der Waals surface area contributed by atoms with Crippen LogP contribution in [-0.4, -0.2) is 15.0 Å². The predicted octanol–water partition coefficient (Wildman–Crippen LogP) is 9.82. The summed E-state index contributed by atoms with van der Waals surface area (Å²) in [6.07, 6.45) is 0. The number of hydrogen-bond donors (Lipinski definition) is 0. The number of nitrogens with zero attached hydrogens (tertiary/aromatic N) is 3. The molecule has 0 spiro atoms. The van der Waals surface area contributed by atoms with Gasteiger partial charge in [0.05, 0.1) is 0 Å². The van der Waals surface area contributed by atoms with Gasteiger partial charge in [0.2, 0.25) is 0 Å². The molecule has 7 aromatic rings. The lowest BCUT2D eigenvalue weighted by Gasteiger charge is -2.23. The van der Waals surface area contributed by atoms with Gasteiger partial charge < -0.3 is 0 Å². The molecule has 2 heterocycles. The van der Waals surface area contributed by atoms with Crippen LogP contribution < -0.4 is 0 Å². The van der Waals surface area contributed by atoms with E-state index in [1.165, 1.54) is 42.8 Å². The van der Waals surface area contributed by atoms with Crippen LogP contribution in [0.4, 0.5) is 0 Å². The van der Waals surface area contributed by atoms with E-state index in [1.807, 2.05) is 60.7 Å². The highest BCUT2D eigenvalue weighted by molar-refractivity contribution is 8.00. The number of fused-ring (bicyclic) bond motifs is 2. The zero-order valence-corrected chi connectivity index (χ0v) is 22.8. The van der Waals surface area contributed by atoms with Crippen LogP contribution in [0.15, 0.2) is 149 Å². The molecule has 0 bridgehead atoms. The molecule has 0 atom stereocenters. The average Bonchev–Trinajstić information content (AvgIpc) is 3.06. The Hall–Kier alpha value is -5.06. The van der Waals surface area contributed by atoms with E-state index < -0.39 is 0 Å². The third-order valence-electron chi connectivity index (χ3n) is 7.54. The van der Waals surface area contributed by atoms with Gasteiger partial charge in [-0.05, 0) is 39.8 Å². The third kappa shape index (κ3) is 4.12. The van der Waals surface area contributed by atoms with Crippen molar-refractivity contribution in [1.29, 1.82) is 0 Å². The molecule has 6 aromatic carbocycles. The molecular weight excluding hydrogens is 518 g/mol. The number of aromatic nitrogens is 3. The van der Waals surface area contributed by atoms with E-state index in [4.69, 9.17) is 15.0 Å². The molecule has 0 saturated carbocycles. The summed E-state index contributed by atoms with van der Waals surface area (Å²) in [7, 11) is 0. The second-order valence-electron chi connectivity index (χ2n) is 10.0. The molecule has 41 heavy (non-hydrogen) atoms. The predicted molar refractivity (Wildman–Crippen MR) is 169 cm³/mol. The second-order valence-corrected chi connectivity index (χ2v) is 11.1. The summed E-state index contributed by atoms with van der Waals surface area (Å²) in [6.45, 7) is 0. The summed E-state index contributed by atoms with van der Waals surface area (Å²) in [4.78, 5) is 17.4. The number of hydrogen-bond acceptors (Lipinski definition) is 4. The Balaban J connectivity index is 1.34. The normalized spacial score (nSPS) is 11.8. The smallest absolute Gasteiger partial charge is 0.165 e. The van der Waals surface area contributed by atoms with Crippen LogP contribution >= 0.6 is 11.8 Å². The maximum atomic E-state index is 5.03. The molecule has 0 radical (unpaired) electrons. The van der Waals surface area contributed by atoms with Crippen molar-refractivity contribution in [1.82, 2.24) is 15.0 Å². The van der Waals surface area contributed by atoms with Crippen LogP contribution in [0.5, 0.6) is 0 Å². The Morgan fingerprint density at radius 2 is 0.902 bits per heavy atom. The van der Waals surface area contributed by atoms with Crippen LogP contribution in [0, 0.1) is 0 Å². The first kappa shape index (κ1) is 23.8. The fourth-order valence-electron chi connectivity index (χ4n) is 5.63. The van der Waals surface area contributed by atoms with Crippen molar-refractivity contribution in [3.63, 3.8) is 0 Å². The topological polar surface area (TPSA) is 38.7 Å². The second kappa shape index (κ2) is 9.84. The van der Waals surface area contributed by atoms with Crippen molar-refractivity contribution in [2.24, 2.45) is 0 Å². The monoisotopic (exact) mass is 541 g/mol. The highest BCUT2D eigenvalue weighted by Gasteiger charge is 2.25. The van der Waals surface area contributed by atoms with E-state index >= 15 is 0 Å². The van der Waals surface area contributed by atoms with Gasteiger partial charge in [-0.2, -0.15) is 0 Å². The van der Waals surface area contributed by atoms with Crippen LogP contribution in [-0.2, 0) is 0 Å². The number of benzene rings is 6. The standard InChI is InChI=1S/C37H23N3S/c1-4-12-24(13-5-1)27-22-23-32-33-28(27)18-10-19-29(33)30-20-11-21-31(34(30)41-32)37-39-35(25-14-6-2-7-15-25)38-36(40-37)26-16-8-3-9-17-26/h1-23H. The SMILES string of the molecule is c1ccc(-c2nc(-c3ccccc3)nc(-c3cccc4c3Sc3ccc(-c5ccccc5)c5cccc-4c35)n2)cc1. The fourth-order valence-corrected chi connectivity index (χ4v) is 6.86. The lowest BCUT2D eigenvalue weighted by Crippen LogP contribution is -2.02. The maximum Gasteiger partial charge on any atom is 0.165 e. The van der Waals surface area contributed by atoms with Crippen molar-refractivity contribution in [3.8, 4) is 56.4 Å². The Labute approximate surface area is 242 Å². The van der Waals surface area contributed by atoms with E-state index in [-0.39, 0.29) is 0 Å². The average molecular weight is 542 g/mol. The van der Waals surface area contributed by atoms with Crippen molar-refractivity contribution in [2.75, 3.05) is 0 Å². The van der Waals surface area contributed by atoms with Crippen molar-refractivity contribution >= 4 is 22.5 Å². The van der Waals surface area contributed by atoms with Crippen molar-refractivity contribution in [3.05, 3.63) is 140 Å². The molecule has 0 fully saturated rings. The highest BCUT2D eigenvalue weighted by atomic mass is 32.2. The summed E-state index contributed by atoms with van der Waals surface area (Å²) in [5.74, 6) is 2.02. The molecule has 4 heteroatoms. The lowest BCUT2D eigenvalue weighted by atomic mass is 9.92. The first-order chi connectivity index (χ1) is 20.3. The fraction of sp³-hybridized carbons (Fsp3) is 0. The summed E-state index contributed by atoms with van der Waals surface area (Å²) >= 11 is 1.80. The minimum atomic E-state index is 0.669. The van der Waals surface area contributed by atoms with Gasteiger partial charge >= 0.3 is 0 Å². The molecule has 1 aliphatic heterocycles. The van der Waals surface area contributed by atoms with E-state index in [1.54, 1.807) is 11.8 Å². The first-order valence-electron chi connectivity index (χ1n) is 13.6. The first-order valence-corrected chi connectivity index (χ1v) is 14.4. The maximum absolute atomic E-state index is 5.03. The van der Waals surface area contributed by atoms with Gasteiger partial charge in [-0.25, -0.2) is 15.0 Å². The molecule has 0 unspecified atom stereocenters. The molecule has 0 saturated heterocycles. The molecule has 0 amide bonds. The van der Waals surface area contributed by atoms with Gasteiger partial charge in [0.15, 0.2) is 17.5 Å². The Morgan fingerprint density at radius 1 is 0.366 bits per heavy atom. The number of rotatable bonds is 4. The van der Waals surface area contributed by atoms with Crippen LogP contribution in [0.1, 0.15) is 0 Å². The van der Waals surface area contributed by atoms with Gasteiger partial charge in [0.1, 0.15) is 0 Å². The van der Waals surface area contributed by atoms with Gasteiger partial charge in [-0.15, -0.1) is 0 Å². The molecule has 0 N–H and O–H groups in total. The molecule has 3 nitrogen and oxygen atoms in total. The summed E-state index contributed by atoms with van der Waals surface area (Å²) in [6, 6.07) is 48.5. The summed E-state index contributed by atoms with van der Waals surface area (Å²) in [5.41, 5.74) is 7.88.